The Labute approximate surface area is 196 Å². The van der Waals surface area contributed by atoms with Crippen molar-refractivity contribution in [1.29, 1.82) is 0 Å². The molecule has 34 heavy (non-hydrogen) atoms. The highest BCUT2D eigenvalue weighted by atomic mass is 16.5. The summed E-state index contributed by atoms with van der Waals surface area (Å²) >= 11 is 0. The van der Waals surface area contributed by atoms with Crippen LogP contribution in [0.15, 0.2) is 73.3 Å². The molecule has 0 radical (unpaired) electrons. The van der Waals surface area contributed by atoms with E-state index in [1.54, 1.807) is 25.7 Å². The molecule has 0 saturated carbocycles. The fourth-order valence-corrected chi connectivity index (χ4v) is 3.88. The fraction of sp³-hybridized carbons (Fsp3) is 0.192. The van der Waals surface area contributed by atoms with Gasteiger partial charge in [-0.15, -0.1) is 0 Å². The third-order valence-corrected chi connectivity index (χ3v) is 5.73. The highest BCUT2D eigenvalue weighted by Gasteiger charge is 2.27. The first-order valence-electron chi connectivity index (χ1n) is 10.9. The molecule has 0 aliphatic carbocycles. The van der Waals surface area contributed by atoms with Crippen molar-refractivity contribution in [2.45, 2.75) is 13.0 Å². The number of amides is 1. The zero-order chi connectivity index (χ0) is 23.3. The van der Waals surface area contributed by atoms with E-state index in [-0.39, 0.29) is 11.8 Å². The van der Waals surface area contributed by atoms with Crippen molar-refractivity contribution in [3.63, 3.8) is 0 Å². The molecule has 0 saturated heterocycles. The van der Waals surface area contributed by atoms with E-state index in [2.05, 4.69) is 20.5 Å². The number of H-pyrrole nitrogens is 1. The Morgan fingerprint density at radius 2 is 2.12 bits per heavy atom. The first kappa shape index (κ1) is 21.5. The van der Waals surface area contributed by atoms with Gasteiger partial charge in [-0.1, -0.05) is 12.1 Å². The fourth-order valence-electron chi connectivity index (χ4n) is 3.88. The van der Waals surface area contributed by atoms with Gasteiger partial charge in [0.2, 0.25) is 5.91 Å². The average molecular weight is 457 g/mol. The van der Waals surface area contributed by atoms with Gasteiger partial charge in [0, 0.05) is 29.7 Å². The zero-order valence-corrected chi connectivity index (χ0v) is 18.7. The van der Waals surface area contributed by atoms with Gasteiger partial charge in [-0.3, -0.25) is 14.9 Å². The number of pyridine rings is 1. The second-order valence-corrected chi connectivity index (χ2v) is 8.02. The molecule has 2 aromatic heterocycles. The number of hydrogen-bond acceptors (Lipinski definition) is 6. The number of carbonyl (C=O) groups excluding carboxylic acids is 1. The van der Waals surface area contributed by atoms with Gasteiger partial charge < -0.3 is 19.5 Å². The molecule has 5 rings (SSSR count). The molecule has 0 spiro atoms. The summed E-state index contributed by atoms with van der Waals surface area (Å²) in [5.74, 6) is 1.63. The molecular formula is C26H24N4O4. The van der Waals surface area contributed by atoms with Crippen LogP contribution in [0.3, 0.4) is 0 Å². The molecule has 8 heteroatoms. The van der Waals surface area contributed by atoms with Gasteiger partial charge in [0.1, 0.15) is 30.5 Å². The molecule has 0 unspecified atom stereocenters. The summed E-state index contributed by atoms with van der Waals surface area (Å²) in [4.78, 5) is 17.3. The van der Waals surface area contributed by atoms with Crippen molar-refractivity contribution in [3.8, 4) is 28.4 Å². The maximum absolute atomic E-state index is 13.2. The molecule has 1 amide bonds. The number of aromatic nitrogens is 3. The normalized spacial score (nSPS) is 14.6. The molecule has 1 atom stereocenters. The molecule has 0 bridgehead atoms. The van der Waals surface area contributed by atoms with Crippen LogP contribution in [-0.4, -0.2) is 34.8 Å². The average Bonchev–Trinajstić information content (AvgIpc) is 3.43. The summed E-state index contributed by atoms with van der Waals surface area (Å²) < 4.78 is 17.2. The van der Waals surface area contributed by atoms with Crippen molar-refractivity contribution < 1.29 is 19.0 Å². The Morgan fingerprint density at radius 1 is 1.18 bits per heavy atom. The van der Waals surface area contributed by atoms with Crippen LogP contribution in [0, 0.1) is 5.92 Å². The van der Waals surface area contributed by atoms with E-state index in [4.69, 9.17) is 14.2 Å². The minimum atomic E-state index is -0.334. The summed E-state index contributed by atoms with van der Waals surface area (Å²) in [5, 5.41) is 9.87. The van der Waals surface area contributed by atoms with E-state index in [1.165, 1.54) is 0 Å². The van der Waals surface area contributed by atoms with Gasteiger partial charge in [0.15, 0.2) is 0 Å². The maximum atomic E-state index is 13.2. The number of aromatic amines is 1. The van der Waals surface area contributed by atoms with Gasteiger partial charge in [0.05, 0.1) is 24.9 Å². The molecule has 4 aromatic rings. The molecular weight excluding hydrogens is 432 g/mol. The lowest BCUT2D eigenvalue weighted by molar-refractivity contribution is -0.121. The maximum Gasteiger partial charge on any atom is 0.231 e. The lowest BCUT2D eigenvalue weighted by atomic mass is 9.95. The minimum Gasteiger partial charge on any atom is -0.497 e. The van der Waals surface area contributed by atoms with Crippen molar-refractivity contribution >= 4 is 11.6 Å². The van der Waals surface area contributed by atoms with Crippen LogP contribution in [0.5, 0.6) is 17.2 Å². The quantitative estimate of drug-likeness (QED) is 0.431. The van der Waals surface area contributed by atoms with Crippen LogP contribution in [0.4, 0.5) is 5.69 Å². The Morgan fingerprint density at radius 3 is 2.91 bits per heavy atom. The molecule has 2 aromatic carbocycles. The van der Waals surface area contributed by atoms with Gasteiger partial charge in [-0.25, -0.2) is 0 Å². The van der Waals surface area contributed by atoms with Crippen molar-refractivity contribution in [1.82, 2.24) is 15.2 Å². The summed E-state index contributed by atoms with van der Waals surface area (Å²) in [5.41, 5.74) is 4.33. The third kappa shape index (κ3) is 4.71. The largest absolute Gasteiger partial charge is 0.497 e. The number of benzene rings is 2. The summed E-state index contributed by atoms with van der Waals surface area (Å²) in [6.07, 6.45) is 7.59. The predicted molar refractivity (Wildman–Crippen MR) is 127 cm³/mol. The standard InChI is InChI=1S/C26H24N4O4/c1-32-22-5-7-24-19(10-22)9-20(16-34-24)26(31)30-23-6-4-18(21-13-28-29-14-21)11-25(23)33-15-17-3-2-8-27-12-17/h2-8,10-14,20H,9,15-16H2,1H3,(H,28,29)(H,30,31)/t20-/m0/s1. The topological polar surface area (TPSA) is 98.4 Å². The van der Waals surface area contributed by atoms with Crippen molar-refractivity contribution in [2.75, 3.05) is 19.0 Å². The zero-order valence-electron chi connectivity index (χ0n) is 18.7. The number of ether oxygens (including phenoxy) is 3. The first-order chi connectivity index (χ1) is 16.7. The van der Waals surface area contributed by atoms with E-state index >= 15 is 0 Å². The van der Waals surface area contributed by atoms with Crippen molar-refractivity contribution in [2.24, 2.45) is 5.92 Å². The number of nitrogens with zero attached hydrogens (tertiary/aromatic N) is 2. The summed E-state index contributed by atoms with van der Waals surface area (Å²) in [7, 11) is 1.62. The van der Waals surface area contributed by atoms with Gasteiger partial charge in [-0.05, 0) is 53.9 Å². The molecule has 3 heterocycles. The van der Waals surface area contributed by atoms with Crippen molar-refractivity contribution in [3.05, 3.63) is 84.4 Å². The monoisotopic (exact) mass is 456 g/mol. The minimum absolute atomic E-state index is 0.129. The van der Waals surface area contributed by atoms with Crippen LogP contribution in [-0.2, 0) is 17.8 Å². The molecule has 0 fully saturated rings. The number of nitrogens with one attached hydrogen (secondary N) is 2. The lowest BCUT2D eigenvalue weighted by Gasteiger charge is -2.25. The van der Waals surface area contributed by atoms with Gasteiger partial charge in [-0.2, -0.15) is 5.10 Å². The van der Waals surface area contributed by atoms with E-state index in [9.17, 15) is 4.79 Å². The predicted octanol–water partition coefficient (Wildman–Crippen LogP) is 4.25. The van der Waals surface area contributed by atoms with E-state index in [1.807, 2.05) is 54.7 Å². The second-order valence-electron chi connectivity index (χ2n) is 8.02. The second kappa shape index (κ2) is 9.66. The molecule has 172 valence electrons. The van der Waals surface area contributed by atoms with E-state index in [0.29, 0.717) is 31.1 Å². The molecule has 1 aliphatic rings. The highest BCUT2D eigenvalue weighted by Crippen LogP contribution is 2.34. The number of rotatable bonds is 7. The van der Waals surface area contributed by atoms with Crippen LogP contribution in [0.1, 0.15) is 11.1 Å². The Hall–Kier alpha value is -4.33. The third-order valence-electron chi connectivity index (χ3n) is 5.73. The summed E-state index contributed by atoms with van der Waals surface area (Å²) in [6, 6.07) is 15.1. The Kier molecular flexibility index (Phi) is 6.11. The molecule has 1 aliphatic heterocycles. The SMILES string of the molecule is COc1ccc2c(c1)C[C@H](C(=O)Nc1ccc(-c3cn[nH]c3)cc1OCc1cccnc1)CO2. The number of carbonyl (C=O) groups is 1. The van der Waals surface area contributed by atoms with E-state index in [0.717, 1.165) is 33.8 Å². The number of anilines is 1. The molecule has 8 nitrogen and oxygen atoms in total. The van der Waals surface area contributed by atoms with Gasteiger partial charge in [0.25, 0.3) is 0 Å². The number of fused-ring (bicyclic) bond motifs is 1. The van der Waals surface area contributed by atoms with E-state index < -0.39 is 0 Å². The van der Waals surface area contributed by atoms with Gasteiger partial charge >= 0.3 is 0 Å². The Balaban J connectivity index is 1.36. The summed E-state index contributed by atoms with van der Waals surface area (Å²) in [6.45, 7) is 0.634. The van der Waals surface area contributed by atoms with Crippen LogP contribution >= 0.6 is 0 Å². The first-order valence-corrected chi connectivity index (χ1v) is 10.9. The highest BCUT2D eigenvalue weighted by molar-refractivity contribution is 5.95. The molecule has 2 N–H and O–H groups in total. The lowest BCUT2D eigenvalue weighted by Crippen LogP contribution is -2.32. The van der Waals surface area contributed by atoms with Crippen LogP contribution in [0.25, 0.3) is 11.1 Å². The smallest absolute Gasteiger partial charge is 0.231 e. The number of hydrogen-bond donors (Lipinski definition) is 2. The number of methoxy groups -OCH3 is 1. The Bertz CT molecular complexity index is 1280. The van der Waals surface area contributed by atoms with Crippen LogP contribution in [0.2, 0.25) is 0 Å². The van der Waals surface area contributed by atoms with Crippen LogP contribution < -0.4 is 19.5 Å².